The van der Waals surface area contributed by atoms with Gasteiger partial charge in [0.2, 0.25) is 0 Å². The Kier molecular flexibility index (Phi) is 4.67. The quantitative estimate of drug-likeness (QED) is 0.845. The summed E-state index contributed by atoms with van der Waals surface area (Å²) in [5.41, 5.74) is 0.0605. The summed E-state index contributed by atoms with van der Waals surface area (Å²) in [7, 11) is 0. The second-order valence-corrected chi connectivity index (χ2v) is 6.55. The molecule has 1 unspecified atom stereocenters. The number of hydrogen-bond donors (Lipinski definition) is 1. The smallest absolute Gasteiger partial charge is 0.138 e. The van der Waals surface area contributed by atoms with E-state index in [1.54, 1.807) is 0 Å². The average molecular weight is 264 g/mol. The van der Waals surface area contributed by atoms with Gasteiger partial charge in [-0.15, -0.1) is 0 Å². The molecule has 0 radical (unpaired) electrons. The van der Waals surface area contributed by atoms with Gasteiger partial charge < -0.3 is 9.67 Å². The molecule has 3 heteroatoms. The van der Waals surface area contributed by atoms with Crippen LogP contribution < -0.4 is 0 Å². The number of aliphatic hydroxyl groups excluding tert-OH is 1. The molecule has 1 atom stereocenters. The van der Waals surface area contributed by atoms with Crippen LogP contribution in [-0.2, 0) is 6.54 Å². The lowest BCUT2D eigenvalue weighted by atomic mass is 9.73. The lowest BCUT2D eigenvalue weighted by Gasteiger charge is -2.35. The number of aromatic nitrogens is 2. The van der Waals surface area contributed by atoms with Crippen LogP contribution in [0.4, 0.5) is 0 Å². The lowest BCUT2D eigenvalue weighted by molar-refractivity contribution is 0.00250. The molecule has 1 saturated carbocycles. The molecule has 0 spiro atoms. The van der Waals surface area contributed by atoms with Gasteiger partial charge in [0.15, 0.2) is 0 Å². The number of rotatable bonds is 6. The third-order valence-corrected chi connectivity index (χ3v) is 4.45. The van der Waals surface area contributed by atoms with Crippen molar-refractivity contribution in [3.63, 3.8) is 0 Å². The number of aryl methyl sites for hydroxylation is 1. The molecule has 1 fully saturated rings. The van der Waals surface area contributed by atoms with Gasteiger partial charge >= 0.3 is 0 Å². The molecule has 1 aliphatic rings. The molecular weight excluding hydrogens is 236 g/mol. The second kappa shape index (κ2) is 6.08. The first-order valence-corrected chi connectivity index (χ1v) is 7.78. The van der Waals surface area contributed by atoms with Crippen molar-refractivity contribution in [3.8, 4) is 0 Å². The Morgan fingerprint density at radius 3 is 2.63 bits per heavy atom. The normalized spacial score (nSPS) is 20.1. The molecular formula is C16H28N2O. The van der Waals surface area contributed by atoms with Crippen LogP contribution in [0, 0.1) is 11.3 Å². The molecule has 3 nitrogen and oxygen atoms in total. The van der Waals surface area contributed by atoms with Crippen molar-refractivity contribution in [1.82, 2.24) is 9.55 Å². The zero-order valence-corrected chi connectivity index (χ0v) is 12.6. The zero-order chi connectivity index (χ0) is 13.9. The highest BCUT2D eigenvalue weighted by Gasteiger charge is 2.43. The van der Waals surface area contributed by atoms with E-state index in [9.17, 15) is 5.11 Å². The van der Waals surface area contributed by atoms with Crippen LogP contribution in [0.2, 0.25) is 0 Å². The first-order valence-electron chi connectivity index (χ1n) is 7.78. The van der Waals surface area contributed by atoms with Crippen molar-refractivity contribution in [1.29, 1.82) is 0 Å². The topological polar surface area (TPSA) is 38.0 Å². The summed E-state index contributed by atoms with van der Waals surface area (Å²) in [5, 5.41) is 10.9. The Morgan fingerprint density at radius 2 is 2.05 bits per heavy atom. The Hall–Kier alpha value is -0.830. The van der Waals surface area contributed by atoms with Gasteiger partial charge in [-0.05, 0) is 31.6 Å². The summed E-state index contributed by atoms with van der Waals surface area (Å²) < 4.78 is 2.13. The highest BCUT2D eigenvalue weighted by molar-refractivity contribution is 5.05. The molecule has 108 valence electrons. The summed E-state index contributed by atoms with van der Waals surface area (Å²) in [4.78, 5) is 4.44. The van der Waals surface area contributed by atoms with Crippen LogP contribution in [0.3, 0.4) is 0 Å². The van der Waals surface area contributed by atoms with E-state index in [1.807, 2.05) is 12.4 Å². The van der Waals surface area contributed by atoms with E-state index in [4.69, 9.17) is 0 Å². The van der Waals surface area contributed by atoms with Crippen LogP contribution in [0.25, 0.3) is 0 Å². The van der Waals surface area contributed by atoms with Crippen LogP contribution in [-0.4, -0.2) is 14.7 Å². The van der Waals surface area contributed by atoms with Gasteiger partial charge in [-0.3, -0.25) is 0 Å². The highest BCUT2D eigenvalue weighted by Crippen LogP contribution is 2.51. The molecule has 1 aliphatic carbocycles. The van der Waals surface area contributed by atoms with Crippen molar-refractivity contribution in [2.45, 2.75) is 71.9 Å². The van der Waals surface area contributed by atoms with E-state index in [1.165, 1.54) is 12.8 Å². The predicted octanol–water partition coefficient (Wildman–Crippen LogP) is 3.93. The Labute approximate surface area is 117 Å². The molecule has 1 aromatic heterocycles. The van der Waals surface area contributed by atoms with Crippen molar-refractivity contribution >= 4 is 0 Å². The molecule has 0 saturated heterocycles. The molecule has 0 amide bonds. The monoisotopic (exact) mass is 264 g/mol. The summed E-state index contributed by atoms with van der Waals surface area (Å²) in [6.45, 7) is 7.62. The van der Waals surface area contributed by atoms with E-state index in [-0.39, 0.29) is 5.41 Å². The summed E-state index contributed by atoms with van der Waals surface area (Å²) >= 11 is 0. The van der Waals surface area contributed by atoms with Gasteiger partial charge in [0.25, 0.3) is 0 Å². The molecule has 1 aromatic rings. The van der Waals surface area contributed by atoms with Gasteiger partial charge in [-0.2, -0.15) is 0 Å². The third-order valence-electron chi connectivity index (χ3n) is 4.45. The predicted molar refractivity (Wildman–Crippen MR) is 77.8 cm³/mol. The molecule has 1 heterocycles. The molecule has 19 heavy (non-hydrogen) atoms. The van der Waals surface area contributed by atoms with Crippen molar-refractivity contribution in [2.24, 2.45) is 11.3 Å². The fraction of sp³-hybridized carbons (Fsp3) is 0.812. The van der Waals surface area contributed by atoms with Gasteiger partial charge in [0.1, 0.15) is 11.9 Å². The fourth-order valence-corrected chi connectivity index (χ4v) is 3.75. The number of hydrogen-bond acceptors (Lipinski definition) is 2. The standard InChI is InChI=1S/C16H28N2O/c1-4-10-18-11-9-17-15(18)14(19)16(12-13(2)3)7-5-6-8-16/h9,11,13-14,19H,4-8,10,12H2,1-3H3. The Balaban J connectivity index is 2.23. The molecule has 0 bridgehead atoms. The first kappa shape index (κ1) is 14.6. The maximum Gasteiger partial charge on any atom is 0.138 e. The number of imidazole rings is 1. The van der Waals surface area contributed by atoms with E-state index < -0.39 is 6.10 Å². The maximum atomic E-state index is 10.9. The fourth-order valence-electron chi connectivity index (χ4n) is 3.75. The van der Waals surface area contributed by atoms with E-state index in [0.717, 1.165) is 38.1 Å². The van der Waals surface area contributed by atoms with Crippen molar-refractivity contribution in [3.05, 3.63) is 18.2 Å². The highest BCUT2D eigenvalue weighted by atomic mass is 16.3. The minimum absolute atomic E-state index is 0.0605. The number of nitrogens with zero attached hydrogens (tertiary/aromatic N) is 2. The summed E-state index contributed by atoms with van der Waals surface area (Å²) in [5.74, 6) is 1.51. The van der Waals surface area contributed by atoms with Crippen LogP contribution in [0.5, 0.6) is 0 Å². The minimum Gasteiger partial charge on any atom is -0.385 e. The van der Waals surface area contributed by atoms with Gasteiger partial charge in [-0.25, -0.2) is 4.98 Å². The lowest BCUT2D eigenvalue weighted by Crippen LogP contribution is -2.30. The largest absolute Gasteiger partial charge is 0.385 e. The molecule has 0 aliphatic heterocycles. The van der Waals surface area contributed by atoms with Crippen LogP contribution in [0.15, 0.2) is 12.4 Å². The minimum atomic E-state index is -0.404. The van der Waals surface area contributed by atoms with Crippen LogP contribution in [0.1, 0.15) is 71.2 Å². The third kappa shape index (κ3) is 3.02. The van der Waals surface area contributed by atoms with Crippen molar-refractivity contribution in [2.75, 3.05) is 0 Å². The molecule has 0 aromatic carbocycles. The van der Waals surface area contributed by atoms with Gasteiger partial charge in [0.05, 0.1) is 0 Å². The maximum absolute atomic E-state index is 10.9. The molecule has 2 rings (SSSR count). The zero-order valence-electron chi connectivity index (χ0n) is 12.6. The Morgan fingerprint density at radius 1 is 1.37 bits per heavy atom. The van der Waals surface area contributed by atoms with Gasteiger partial charge in [0, 0.05) is 24.4 Å². The summed E-state index contributed by atoms with van der Waals surface area (Å²) in [6.07, 6.45) is 10.4. The van der Waals surface area contributed by atoms with E-state index in [2.05, 4.69) is 30.3 Å². The summed E-state index contributed by atoms with van der Waals surface area (Å²) in [6, 6.07) is 0. The first-order chi connectivity index (χ1) is 9.09. The average Bonchev–Trinajstić information content (AvgIpc) is 2.98. The van der Waals surface area contributed by atoms with E-state index in [0.29, 0.717) is 5.92 Å². The van der Waals surface area contributed by atoms with Crippen molar-refractivity contribution < 1.29 is 5.11 Å². The van der Waals surface area contributed by atoms with Gasteiger partial charge in [-0.1, -0.05) is 33.6 Å². The Bertz CT molecular complexity index is 391. The van der Waals surface area contributed by atoms with Crippen LogP contribution >= 0.6 is 0 Å². The second-order valence-electron chi connectivity index (χ2n) is 6.55. The number of aliphatic hydroxyl groups is 1. The molecule has 1 N–H and O–H groups in total. The SMILES string of the molecule is CCCn1ccnc1C(O)C1(CC(C)C)CCCC1. The van der Waals surface area contributed by atoms with E-state index >= 15 is 0 Å².